The zero-order valence-corrected chi connectivity index (χ0v) is 17.1. The number of rotatable bonds is 4. The number of fused-ring (bicyclic) bond motifs is 1. The van der Waals surface area contributed by atoms with Gasteiger partial charge in [-0.2, -0.15) is 0 Å². The lowest BCUT2D eigenvalue weighted by Crippen LogP contribution is -2.51. The van der Waals surface area contributed by atoms with E-state index in [4.69, 9.17) is 4.74 Å². The summed E-state index contributed by atoms with van der Waals surface area (Å²) in [5.41, 5.74) is 0.969. The summed E-state index contributed by atoms with van der Waals surface area (Å²) < 4.78 is 5.62. The van der Waals surface area contributed by atoms with Crippen molar-refractivity contribution in [2.45, 2.75) is 58.5 Å². The summed E-state index contributed by atoms with van der Waals surface area (Å²) in [4.78, 5) is 12.6. The minimum atomic E-state index is -0.468. The molecule has 1 aliphatic heterocycles. The Morgan fingerprint density at radius 1 is 1.11 bits per heavy atom. The maximum Gasteiger partial charge on any atom is 0.424 e. The van der Waals surface area contributed by atoms with Crippen LogP contribution in [0.4, 0.5) is 4.79 Å². The standard InChI is InChI=1S/C23H32N2O2/c1-5-15-25(22(26)27-23(2,3)4)24-16-13-19(14-17-24)21-12-8-10-18-9-6-7-11-20(18)21/h6-12,19H,5,13-17H2,1-4H3. The zero-order chi connectivity index (χ0) is 19.4. The molecule has 1 heterocycles. The molecule has 146 valence electrons. The molecular formula is C23H32N2O2. The SMILES string of the molecule is CCCN(C(=O)OC(C)(C)C)N1CCC(c2cccc3ccccc23)CC1. The summed E-state index contributed by atoms with van der Waals surface area (Å²) in [6.45, 7) is 10.3. The lowest BCUT2D eigenvalue weighted by atomic mass is 9.87. The molecule has 0 bridgehead atoms. The number of piperidine rings is 1. The first kappa shape index (κ1) is 19.7. The summed E-state index contributed by atoms with van der Waals surface area (Å²) >= 11 is 0. The molecule has 0 aliphatic carbocycles. The summed E-state index contributed by atoms with van der Waals surface area (Å²) in [5, 5.41) is 6.65. The number of hydrazine groups is 1. The highest BCUT2D eigenvalue weighted by atomic mass is 16.6. The van der Waals surface area contributed by atoms with Gasteiger partial charge in [0.15, 0.2) is 0 Å². The molecule has 2 aromatic rings. The topological polar surface area (TPSA) is 32.8 Å². The van der Waals surface area contributed by atoms with Crippen LogP contribution in [0.2, 0.25) is 0 Å². The summed E-state index contributed by atoms with van der Waals surface area (Å²) in [6.07, 6.45) is 2.80. The number of carbonyl (C=O) groups excluding carboxylic acids is 1. The number of carbonyl (C=O) groups is 1. The Kier molecular flexibility index (Phi) is 6.05. The molecule has 4 heteroatoms. The number of amides is 1. The van der Waals surface area contributed by atoms with Crippen LogP contribution in [-0.4, -0.2) is 41.3 Å². The van der Waals surface area contributed by atoms with E-state index in [9.17, 15) is 4.79 Å². The van der Waals surface area contributed by atoms with E-state index in [0.717, 1.165) is 32.4 Å². The van der Waals surface area contributed by atoms with Crippen LogP contribution in [0.25, 0.3) is 10.8 Å². The lowest BCUT2D eigenvalue weighted by Gasteiger charge is -2.40. The van der Waals surface area contributed by atoms with Crippen molar-refractivity contribution < 1.29 is 9.53 Å². The first-order valence-corrected chi connectivity index (χ1v) is 10.1. The average Bonchev–Trinajstić information content (AvgIpc) is 2.64. The van der Waals surface area contributed by atoms with Crippen LogP contribution >= 0.6 is 0 Å². The van der Waals surface area contributed by atoms with Crippen LogP contribution in [0.3, 0.4) is 0 Å². The van der Waals surface area contributed by atoms with Crippen molar-refractivity contribution in [2.24, 2.45) is 0 Å². The van der Waals surface area contributed by atoms with Crippen molar-refractivity contribution in [3.63, 3.8) is 0 Å². The van der Waals surface area contributed by atoms with Crippen molar-refractivity contribution in [3.05, 3.63) is 48.0 Å². The van der Waals surface area contributed by atoms with Crippen LogP contribution in [0, 0.1) is 0 Å². The van der Waals surface area contributed by atoms with Gasteiger partial charge >= 0.3 is 6.09 Å². The number of hydrogen-bond acceptors (Lipinski definition) is 3. The van der Waals surface area contributed by atoms with Crippen molar-refractivity contribution in [3.8, 4) is 0 Å². The highest BCUT2D eigenvalue weighted by molar-refractivity contribution is 5.86. The maximum absolute atomic E-state index is 12.6. The van der Waals surface area contributed by atoms with E-state index in [1.807, 2.05) is 25.8 Å². The largest absolute Gasteiger partial charge is 0.443 e. The molecule has 1 saturated heterocycles. The van der Waals surface area contributed by atoms with Gasteiger partial charge in [-0.15, -0.1) is 0 Å². The summed E-state index contributed by atoms with van der Waals surface area (Å²) in [5.74, 6) is 0.537. The van der Waals surface area contributed by atoms with E-state index in [0.29, 0.717) is 12.5 Å². The summed E-state index contributed by atoms with van der Waals surface area (Å²) in [6, 6.07) is 15.2. The van der Waals surface area contributed by atoms with E-state index in [1.54, 1.807) is 0 Å². The second-order valence-electron chi connectivity index (χ2n) is 8.40. The molecule has 0 N–H and O–H groups in total. The van der Waals surface area contributed by atoms with Crippen LogP contribution in [-0.2, 0) is 4.74 Å². The summed E-state index contributed by atoms with van der Waals surface area (Å²) in [7, 11) is 0. The third-order valence-electron chi connectivity index (χ3n) is 5.12. The first-order chi connectivity index (χ1) is 12.9. The fraction of sp³-hybridized carbons (Fsp3) is 0.522. The van der Waals surface area contributed by atoms with Crippen molar-refractivity contribution in [2.75, 3.05) is 19.6 Å². The Hall–Kier alpha value is -2.07. The molecule has 0 atom stereocenters. The second kappa shape index (κ2) is 8.30. The number of hydrogen-bond donors (Lipinski definition) is 0. The van der Waals surface area contributed by atoms with Gasteiger partial charge in [-0.3, -0.25) is 0 Å². The van der Waals surface area contributed by atoms with E-state index >= 15 is 0 Å². The normalized spacial score (nSPS) is 16.4. The van der Waals surface area contributed by atoms with Gasteiger partial charge in [0.1, 0.15) is 5.60 Å². The van der Waals surface area contributed by atoms with Gasteiger partial charge in [-0.25, -0.2) is 14.8 Å². The van der Waals surface area contributed by atoms with E-state index in [-0.39, 0.29) is 6.09 Å². The van der Waals surface area contributed by atoms with Crippen LogP contribution in [0.5, 0.6) is 0 Å². The quantitative estimate of drug-likeness (QED) is 0.706. The fourth-order valence-electron chi connectivity index (χ4n) is 3.90. The Morgan fingerprint density at radius 2 is 1.78 bits per heavy atom. The van der Waals surface area contributed by atoms with Gasteiger partial charge in [0.25, 0.3) is 0 Å². The minimum Gasteiger partial charge on any atom is -0.443 e. The molecule has 3 rings (SSSR count). The molecule has 27 heavy (non-hydrogen) atoms. The molecule has 0 radical (unpaired) electrons. The van der Waals surface area contributed by atoms with Crippen LogP contribution < -0.4 is 0 Å². The van der Waals surface area contributed by atoms with Gasteiger partial charge in [0.05, 0.1) is 0 Å². The van der Waals surface area contributed by atoms with E-state index < -0.39 is 5.60 Å². The van der Waals surface area contributed by atoms with Gasteiger partial charge in [0.2, 0.25) is 0 Å². The molecule has 0 spiro atoms. The maximum atomic E-state index is 12.6. The average molecular weight is 369 g/mol. The van der Waals surface area contributed by atoms with Gasteiger partial charge < -0.3 is 4.74 Å². The van der Waals surface area contributed by atoms with Crippen LogP contribution in [0.15, 0.2) is 42.5 Å². The molecule has 0 aromatic heterocycles. The smallest absolute Gasteiger partial charge is 0.424 e. The Balaban J connectivity index is 1.70. The molecule has 1 amide bonds. The third kappa shape index (κ3) is 4.81. The Bertz CT molecular complexity index is 768. The Morgan fingerprint density at radius 3 is 2.44 bits per heavy atom. The van der Waals surface area contributed by atoms with Gasteiger partial charge in [-0.05, 0) is 62.3 Å². The zero-order valence-electron chi connectivity index (χ0n) is 17.1. The van der Waals surface area contributed by atoms with Crippen molar-refractivity contribution >= 4 is 16.9 Å². The molecule has 0 saturated carbocycles. The first-order valence-electron chi connectivity index (χ1n) is 10.1. The highest BCUT2D eigenvalue weighted by Gasteiger charge is 2.30. The molecule has 2 aromatic carbocycles. The van der Waals surface area contributed by atoms with Gasteiger partial charge in [-0.1, -0.05) is 49.4 Å². The second-order valence-corrected chi connectivity index (χ2v) is 8.40. The third-order valence-corrected chi connectivity index (χ3v) is 5.12. The van der Waals surface area contributed by atoms with Gasteiger partial charge in [0, 0.05) is 19.6 Å². The number of ether oxygens (including phenoxy) is 1. The molecule has 1 fully saturated rings. The lowest BCUT2D eigenvalue weighted by molar-refractivity contribution is -0.0608. The predicted molar refractivity (Wildman–Crippen MR) is 111 cm³/mol. The van der Waals surface area contributed by atoms with E-state index in [2.05, 4.69) is 54.4 Å². The van der Waals surface area contributed by atoms with Crippen LogP contribution in [0.1, 0.15) is 58.4 Å². The molecule has 4 nitrogen and oxygen atoms in total. The Labute approximate surface area is 163 Å². The predicted octanol–water partition coefficient (Wildman–Crippen LogP) is 5.58. The number of nitrogens with zero attached hydrogens (tertiary/aromatic N) is 2. The molecule has 1 aliphatic rings. The van der Waals surface area contributed by atoms with Crippen molar-refractivity contribution in [1.82, 2.24) is 10.0 Å². The monoisotopic (exact) mass is 368 g/mol. The molecular weight excluding hydrogens is 336 g/mol. The van der Waals surface area contributed by atoms with Crippen molar-refractivity contribution in [1.29, 1.82) is 0 Å². The highest BCUT2D eigenvalue weighted by Crippen LogP contribution is 2.33. The van der Waals surface area contributed by atoms with E-state index in [1.165, 1.54) is 16.3 Å². The number of benzene rings is 2. The fourth-order valence-corrected chi connectivity index (χ4v) is 3.90. The minimum absolute atomic E-state index is 0.229. The molecule has 0 unspecified atom stereocenters.